The standard InChI is InChI=1S/C33H31ClF4N2O3/c1-3-40(4-2)11-12-43-31-10-7-22(19-26(31)34)33(42)39-25-17-23(13-20-5-8-27(35)29(37)15-20)32(41)24(18-25)14-21-6-9-28(36)30(38)16-21/h5-10,13-16,19,25H,3-4,11-12,17-18H2,1-2H3,(H,39,42). The predicted molar refractivity (Wildman–Crippen MR) is 159 cm³/mol. The number of amides is 1. The molecule has 226 valence electrons. The van der Waals surface area contributed by atoms with Crippen LogP contribution < -0.4 is 10.1 Å². The highest BCUT2D eigenvalue weighted by atomic mass is 35.5. The summed E-state index contributed by atoms with van der Waals surface area (Å²) in [6.45, 7) is 7.09. The Hall–Kier alpha value is -3.95. The summed E-state index contributed by atoms with van der Waals surface area (Å²) >= 11 is 6.40. The largest absolute Gasteiger partial charge is 0.491 e. The number of rotatable bonds is 10. The van der Waals surface area contributed by atoms with Gasteiger partial charge in [0.15, 0.2) is 29.1 Å². The molecule has 0 unspecified atom stereocenters. The second-order valence-corrected chi connectivity index (χ2v) is 10.5. The van der Waals surface area contributed by atoms with Gasteiger partial charge in [-0.05, 0) is 91.7 Å². The summed E-state index contributed by atoms with van der Waals surface area (Å²) in [5, 5.41) is 3.17. The summed E-state index contributed by atoms with van der Waals surface area (Å²) in [6.07, 6.45) is 3.03. The number of benzene rings is 3. The van der Waals surface area contributed by atoms with Crippen molar-refractivity contribution < 1.29 is 31.9 Å². The maximum Gasteiger partial charge on any atom is 0.251 e. The van der Waals surface area contributed by atoms with Crippen molar-refractivity contribution in [3.63, 3.8) is 0 Å². The third kappa shape index (κ3) is 8.33. The second kappa shape index (κ2) is 14.5. The average Bonchev–Trinajstić information content (AvgIpc) is 2.98. The van der Waals surface area contributed by atoms with Gasteiger partial charge in [0.2, 0.25) is 0 Å². The molecule has 0 aliphatic heterocycles. The van der Waals surface area contributed by atoms with E-state index >= 15 is 0 Å². The third-order valence-corrected chi connectivity index (χ3v) is 7.47. The Labute approximate surface area is 252 Å². The molecule has 3 aromatic rings. The molecule has 1 aliphatic carbocycles. The molecule has 0 heterocycles. The molecule has 4 rings (SSSR count). The summed E-state index contributed by atoms with van der Waals surface area (Å²) < 4.78 is 60.4. The van der Waals surface area contributed by atoms with Crippen molar-refractivity contribution in [1.29, 1.82) is 0 Å². The van der Waals surface area contributed by atoms with Crippen LogP contribution in [0, 0.1) is 23.3 Å². The maximum absolute atomic E-state index is 13.9. The monoisotopic (exact) mass is 614 g/mol. The number of hydrogen-bond donors (Lipinski definition) is 1. The van der Waals surface area contributed by atoms with Gasteiger partial charge in [-0.15, -0.1) is 0 Å². The summed E-state index contributed by atoms with van der Waals surface area (Å²) in [4.78, 5) is 28.8. The molecule has 0 spiro atoms. The Morgan fingerprint density at radius 2 is 1.44 bits per heavy atom. The van der Waals surface area contributed by atoms with Gasteiger partial charge in [0.1, 0.15) is 12.4 Å². The quantitative estimate of drug-likeness (QED) is 0.193. The Bertz CT molecular complexity index is 1500. The molecule has 1 amide bonds. The molecule has 1 saturated carbocycles. The molecular weight excluding hydrogens is 584 g/mol. The number of ether oxygens (including phenoxy) is 1. The molecule has 1 aliphatic rings. The van der Waals surface area contributed by atoms with Crippen molar-refractivity contribution in [2.75, 3.05) is 26.2 Å². The average molecular weight is 615 g/mol. The van der Waals surface area contributed by atoms with Crippen LogP contribution in [0.2, 0.25) is 5.02 Å². The molecular formula is C33H31ClF4N2O3. The van der Waals surface area contributed by atoms with Crippen LogP contribution in [-0.4, -0.2) is 48.9 Å². The molecule has 5 nitrogen and oxygen atoms in total. The van der Waals surface area contributed by atoms with E-state index in [0.29, 0.717) is 12.4 Å². The van der Waals surface area contributed by atoms with E-state index in [1.165, 1.54) is 30.4 Å². The molecule has 0 saturated heterocycles. The second-order valence-electron chi connectivity index (χ2n) is 10.1. The van der Waals surface area contributed by atoms with Crippen LogP contribution in [0.5, 0.6) is 5.75 Å². The molecule has 1 fully saturated rings. The molecule has 3 aromatic carbocycles. The molecule has 10 heteroatoms. The first kappa shape index (κ1) is 32.0. The van der Waals surface area contributed by atoms with Crippen molar-refractivity contribution in [3.8, 4) is 5.75 Å². The minimum atomic E-state index is -1.07. The van der Waals surface area contributed by atoms with E-state index in [0.717, 1.165) is 43.9 Å². The Balaban J connectivity index is 1.56. The van der Waals surface area contributed by atoms with E-state index in [1.807, 2.05) is 0 Å². The van der Waals surface area contributed by atoms with Crippen LogP contribution in [0.4, 0.5) is 17.6 Å². The van der Waals surface area contributed by atoms with Crippen LogP contribution in [0.3, 0.4) is 0 Å². The van der Waals surface area contributed by atoms with Crippen molar-refractivity contribution >= 4 is 35.4 Å². The van der Waals surface area contributed by atoms with Gasteiger partial charge >= 0.3 is 0 Å². The first-order valence-electron chi connectivity index (χ1n) is 13.9. The van der Waals surface area contributed by atoms with E-state index < -0.39 is 41.0 Å². The van der Waals surface area contributed by atoms with Gasteiger partial charge in [0, 0.05) is 29.3 Å². The molecule has 0 aromatic heterocycles. The van der Waals surface area contributed by atoms with Gasteiger partial charge in [-0.3, -0.25) is 9.59 Å². The number of halogens is 5. The molecule has 0 radical (unpaired) electrons. The lowest BCUT2D eigenvalue weighted by Gasteiger charge is -2.27. The zero-order valence-electron chi connectivity index (χ0n) is 23.7. The van der Waals surface area contributed by atoms with Crippen molar-refractivity contribution in [2.24, 2.45) is 0 Å². The number of carbonyl (C=O) groups excluding carboxylic acids is 2. The van der Waals surface area contributed by atoms with Crippen molar-refractivity contribution in [1.82, 2.24) is 10.2 Å². The Kier molecular flexibility index (Phi) is 10.8. The fourth-order valence-corrected chi connectivity index (χ4v) is 5.04. The lowest BCUT2D eigenvalue weighted by atomic mass is 9.83. The number of likely N-dealkylation sites (N-methyl/N-ethyl adjacent to an activating group) is 1. The number of ketones is 1. The minimum absolute atomic E-state index is 0.0962. The first-order valence-corrected chi connectivity index (χ1v) is 14.3. The minimum Gasteiger partial charge on any atom is -0.491 e. The molecule has 1 N–H and O–H groups in total. The Morgan fingerprint density at radius 3 is 1.93 bits per heavy atom. The highest BCUT2D eigenvalue weighted by Gasteiger charge is 2.29. The number of hydrogen-bond acceptors (Lipinski definition) is 4. The highest BCUT2D eigenvalue weighted by Crippen LogP contribution is 2.30. The molecule has 0 atom stereocenters. The highest BCUT2D eigenvalue weighted by molar-refractivity contribution is 6.32. The smallest absolute Gasteiger partial charge is 0.251 e. The topological polar surface area (TPSA) is 58.6 Å². The van der Waals surface area contributed by atoms with E-state index in [9.17, 15) is 27.2 Å². The summed E-state index contributed by atoms with van der Waals surface area (Å²) in [7, 11) is 0. The fourth-order valence-electron chi connectivity index (χ4n) is 4.80. The third-order valence-electron chi connectivity index (χ3n) is 7.17. The summed E-state index contributed by atoms with van der Waals surface area (Å²) in [5.74, 6) is -4.61. The van der Waals surface area contributed by atoms with E-state index in [4.69, 9.17) is 16.3 Å². The maximum atomic E-state index is 13.9. The van der Waals surface area contributed by atoms with Crippen LogP contribution in [-0.2, 0) is 4.79 Å². The van der Waals surface area contributed by atoms with Crippen molar-refractivity contribution in [3.05, 3.63) is 111 Å². The van der Waals surface area contributed by atoms with Crippen molar-refractivity contribution in [2.45, 2.75) is 32.7 Å². The van der Waals surface area contributed by atoms with Crippen LogP contribution >= 0.6 is 11.6 Å². The number of nitrogens with one attached hydrogen (secondary N) is 1. The SMILES string of the molecule is CCN(CC)CCOc1ccc(C(=O)NC2CC(=Cc3ccc(F)c(F)c3)C(=O)C(=Cc3ccc(F)c(F)c3)C2)cc1Cl. The molecule has 43 heavy (non-hydrogen) atoms. The first-order chi connectivity index (χ1) is 20.6. The van der Waals surface area contributed by atoms with Gasteiger partial charge in [0.25, 0.3) is 5.91 Å². The van der Waals surface area contributed by atoms with E-state index in [1.54, 1.807) is 12.1 Å². The molecule has 0 bridgehead atoms. The van der Waals surface area contributed by atoms with Gasteiger partial charge in [-0.25, -0.2) is 17.6 Å². The van der Waals surface area contributed by atoms with Gasteiger partial charge < -0.3 is 15.0 Å². The van der Waals surface area contributed by atoms with Crippen LogP contribution in [0.25, 0.3) is 12.2 Å². The zero-order chi connectivity index (χ0) is 31.1. The fraction of sp³-hybridized carbons (Fsp3) is 0.273. The lowest BCUT2D eigenvalue weighted by Crippen LogP contribution is -2.39. The number of nitrogens with zero attached hydrogens (tertiary/aromatic N) is 1. The van der Waals surface area contributed by atoms with Crippen LogP contribution in [0.15, 0.2) is 65.7 Å². The normalized spacial score (nSPS) is 17.1. The van der Waals surface area contributed by atoms with E-state index in [2.05, 4.69) is 24.1 Å². The predicted octanol–water partition coefficient (Wildman–Crippen LogP) is 7.25. The Morgan fingerprint density at radius 1 is 0.884 bits per heavy atom. The summed E-state index contributed by atoms with van der Waals surface area (Å²) in [5.41, 5.74) is 1.24. The lowest BCUT2D eigenvalue weighted by molar-refractivity contribution is -0.113. The summed E-state index contributed by atoms with van der Waals surface area (Å²) in [6, 6.07) is 10.6. The van der Waals surface area contributed by atoms with Gasteiger partial charge in [-0.1, -0.05) is 37.6 Å². The van der Waals surface area contributed by atoms with Gasteiger partial charge in [0.05, 0.1) is 5.02 Å². The van der Waals surface area contributed by atoms with Crippen LogP contribution in [0.1, 0.15) is 48.2 Å². The number of carbonyl (C=O) groups is 2. The van der Waals surface area contributed by atoms with Gasteiger partial charge in [-0.2, -0.15) is 0 Å². The number of Topliss-reactive ketones (excluding diaryl/α,β-unsaturated/α-hetero) is 1. The van der Waals surface area contributed by atoms with E-state index in [-0.39, 0.29) is 45.7 Å². The zero-order valence-corrected chi connectivity index (χ0v) is 24.5.